The molecule has 0 spiro atoms. The molecule has 0 saturated heterocycles. The van der Waals surface area contributed by atoms with E-state index in [-0.39, 0.29) is 11.7 Å². The van der Waals surface area contributed by atoms with Gasteiger partial charge in [0.15, 0.2) is 5.69 Å². The van der Waals surface area contributed by atoms with Gasteiger partial charge in [-0.05, 0) is 31.2 Å². The van der Waals surface area contributed by atoms with Gasteiger partial charge in [-0.25, -0.2) is 9.78 Å². The molecule has 2 heterocycles. The molecule has 5 nitrogen and oxygen atoms in total. The van der Waals surface area contributed by atoms with Crippen LogP contribution in [0, 0.1) is 0 Å². The highest BCUT2D eigenvalue weighted by Gasteiger charge is 2.13. The lowest BCUT2D eigenvalue weighted by Crippen LogP contribution is -2.12. The van der Waals surface area contributed by atoms with Crippen molar-refractivity contribution >= 4 is 11.7 Å². The zero-order chi connectivity index (χ0) is 13.0. The number of hydrogen-bond donors (Lipinski definition) is 2. The van der Waals surface area contributed by atoms with Crippen molar-refractivity contribution in [3.63, 3.8) is 0 Å². The summed E-state index contributed by atoms with van der Waals surface area (Å²) in [6, 6.07) is 8.91. The Kier molecular flexibility index (Phi) is 3.52. The van der Waals surface area contributed by atoms with Gasteiger partial charge < -0.3 is 10.4 Å². The first-order valence-electron chi connectivity index (χ1n) is 5.54. The predicted octanol–water partition coefficient (Wildman–Crippen LogP) is 2.35. The summed E-state index contributed by atoms with van der Waals surface area (Å²) in [5.41, 5.74) is 1.35. The molecule has 0 bridgehead atoms. The molecule has 2 aromatic rings. The lowest BCUT2D eigenvalue weighted by atomic mass is 10.2. The normalized spacial score (nSPS) is 11.8. The summed E-state index contributed by atoms with van der Waals surface area (Å²) in [5.74, 6) is -1.05. The molecule has 0 radical (unpaired) electrons. The molecule has 0 aliphatic carbocycles. The first-order valence-corrected chi connectivity index (χ1v) is 5.54. The van der Waals surface area contributed by atoms with Gasteiger partial charge in [0, 0.05) is 12.4 Å². The minimum Gasteiger partial charge on any atom is -0.476 e. The first-order chi connectivity index (χ1) is 8.68. The van der Waals surface area contributed by atoms with Crippen LogP contribution in [0.2, 0.25) is 0 Å². The van der Waals surface area contributed by atoms with Gasteiger partial charge in [-0.1, -0.05) is 6.07 Å². The van der Waals surface area contributed by atoms with Crippen LogP contribution < -0.4 is 5.32 Å². The van der Waals surface area contributed by atoms with Crippen molar-refractivity contribution in [1.29, 1.82) is 0 Å². The number of aromatic carboxylic acids is 1. The second-order valence-electron chi connectivity index (χ2n) is 3.83. The number of nitrogens with zero attached hydrogens (tertiary/aromatic N) is 2. The SMILES string of the molecule is CC(Nc1cccnc1C(=O)O)c1ccccn1. The van der Waals surface area contributed by atoms with Crippen molar-refractivity contribution in [1.82, 2.24) is 9.97 Å². The number of hydrogen-bond acceptors (Lipinski definition) is 4. The van der Waals surface area contributed by atoms with Crippen LogP contribution in [0.1, 0.15) is 29.1 Å². The third-order valence-corrected chi connectivity index (χ3v) is 2.51. The first kappa shape index (κ1) is 12.0. The minimum atomic E-state index is -1.05. The number of nitrogens with one attached hydrogen (secondary N) is 1. The van der Waals surface area contributed by atoms with Gasteiger partial charge in [0.05, 0.1) is 17.4 Å². The maximum absolute atomic E-state index is 11.0. The molecule has 18 heavy (non-hydrogen) atoms. The summed E-state index contributed by atoms with van der Waals surface area (Å²) in [5, 5.41) is 12.1. The molecule has 0 aliphatic rings. The Bertz CT molecular complexity index is 543. The maximum Gasteiger partial charge on any atom is 0.356 e. The minimum absolute atomic E-state index is 0.0141. The van der Waals surface area contributed by atoms with Crippen molar-refractivity contribution in [2.75, 3.05) is 5.32 Å². The van der Waals surface area contributed by atoms with Crippen LogP contribution in [0.3, 0.4) is 0 Å². The fourth-order valence-electron chi connectivity index (χ4n) is 1.63. The standard InChI is InChI=1S/C13H13N3O2/c1-9(10-5-2-3-7-14-10)16-11-6-4-8-15-12(11)13(17)18/h2-9,16H,1H3,(H,17,18). The Labute approximate surface area is 105 Å². The zero-order valence-corrected chi connectivity index (χ0v) is 9.87. The van der Waals surface area contributed by atoms with E-state index in [4.69, 9.17) is 5.11 Å². The summed E-state index contributed by atoms with van der Waals surface area (Å²) in [4.78, 5) is 19.1. The van der Waals surface area contributed by atoms with Gasteiger partial charge in [-0.3, -0.25) is 4.98 Å². The van der Waals surface area contributed by atoms with Crippen LogP contribution in [-0.2, 0) is 0 Å². The van der Waals surface area contributed by atoms with Gasteiger partial charge in [0.1, 0.15) is 0 Å². The van der Waals surface area contributed by atoms with Crippen LogP contribution in [0.15, 0.2) is 42.7 Å². The summed E-state index contributed by atoms with van der Waals surface area (Å²) in [7, 11) is 0. The molecular weight excluding hydrogens is 230 g/mol. The predicted molar refractivity (Wildman–Crippen MR) is 67.5 cm³/mol. The van der Waals surface area contributed by atoms with Crippen LogP contribution in [0.5, 0.6) is 0 Å². The van der Waals surface area contributed by atoms with E-state index in [2.05, 4.69) is 15.3 Å². The fourth-order valence-corrected chi connectivity index (χ4v) is 1.63. The topological polar surface area (TPSA) is 75.1 Å². The Hall–Kier alpha value is -2.43. The molecule has 1 atom stereocenters. The van der Waals surface area contributed by atoms with Gasteiger partial charge in [0.2, 0.25) is 0 Å². The smallest absolute Gasteiger partial charge is 0.356 e. The van der Waals surface area contributed by atoms with Crippen molar-refractivity contribution in [3.05, 3.63) is 54.1 Å². The Balaban J connectivity index is 2.22. The van der Waals surface area contributed by atoms with Gasteiger partial charge in [-0.2, -0.15) is 0 Å². The third kappa shape index (κ3) is 2.63. The molecular formula is C13H13N3O2. The number of carboxylic acid groups (broad SMARTS) is 1. The van der Waals surface area contributed by atoms with Crippen LogP contribution in [-0.4, -0.2) is 21.0 Å². The van der Waals surface area contributed by atoms with Gasteiger partial charge in [0.25, 0.3) is 0 Å². The molecule has 2 rings (SSSR count). The lowest BCUT2D eigenvalue weighted by Gasteiger charge is -2.15. The molecule has 0 fully saturated rings. The molecule has 0 saturated carbocycles. The van der Waals surface area contributed by atoms with E-state index in [9.17, 15) is 4.79 Å². The molecule has 0 amide bonds. The second kappa shape index (κ2) is 5.27. The number of carbonyl (C=O) groups is 1. The van der Waals surface area contributed by atoms with E-state index in [0.29, 0.717) is 5.69 Å². The molecule has 2 N–H and O–H groups in total. The van der Waals surface area contributed by atoms with Crippen molar-refractivity contribution in [3.8, 4) is 0 Å². The number of rotatable bonds is 4. The van der Waals surface area contributed by atoms with E-state index in [1.54, 1.807) is 18.3 Å². The van der Waals surface area contributed by atoms with Crippen LogP contribution in [0.25, 0.3) is 0 Å². The van der Waals surface area contributed by atoms with Crippen molar-refractivity contribution in [2.24, 2.45) is 0 Å². The number of pyridine rings is 2. The largest absolute Gasteiger partial charge is 0.476 e. The fraction of sp³-hybridized carbons (Fsp3) is 0.154. The molecule has 92 valence electrons. The van der Waals surface area contributed by atoms with E-state index >= 15 is 0 Å². The van der Waals surface area contributed by atoms with Crippen molar-refractivity contribution < 1.29 is 9.90 Å². The van der Waals surface area contributed by atoms with E-state index in [1.165, 1.54) is 6.20 Å². The zero-order valence-electron chi connectivity index (χ0n) is 9.87. The summed E-state index contributed by atoms with van der Waals surface area (Å²) >= 11 is 0. The Morgan fingerprint density at radius 3 is 2.67 bits per heavy atom. The Morgan fingerprint density at radius 1 is 1.22 bits per heavy atom. The van der Waals surface area contributed by atoms with E-state index in [0.717, 1.165) is 5.69 Å². The van der Waals surface area contributed by atoms with Crippen LogP contribution >= 0.6 is 0 Å². The Morgan fingerprint density at radius 2 is 2.00 bits per heavy atom. The summed E-state index contributed by atoms with van der Waals surface area (Å²) < 4.78 is 0. The van der Waals surface area contributed by atoms with Gasteiger partial charge in [-0.15, -0.1) is 0 Å². The van der Waals surface area contributed by atoms with Crippen LogP contribution in [0.4, 0.5) is 5.69 Å². The van der Waals surface area contributed by atoms with E-state index in [1.807, 2.05) is 25.1 Å². The molecule has 5 heteroatoms. The number of carboxylic acids is 1. The lowest BCUT2D eigenvalue weighted by molar-refractivity contribution is 0.0691. The highest BCUT2D eigenvalue weighted by molar-refractivity contribution is 5.91. The maximum atomic E-state index is 11.0. The van der Waals surface area contributed by atoms with Gasteiger partial charge >= 0.3 is 5.97 Å². The molecule has 0 aromatic carbocycles. The molecule has 2 aromatic heterocycles. The quantitative estimate of drug-likeness (QED) is 0.862. The van der Waals surface area contributed by atoms with Crippen molar-refractivity contribution in [2.45, 2.75) is 13.0 Å². The summed E-state index contributed by atoms with van der Waals surface area (Å²) in [6.45, 7) is 1.92. The average Bonchev–Trinajstić information content (AvgIpc) is 2.40. The summed E-state index contributed by atoms with van der Waals surface area (Å²) in [6.07, 6.45) is 3.16. The van der Waals surface area contributed by atoms with E-state index < -0.39 is 5.97 Å². The molecule has 1 unspecified atom stereocenters. The number of aromatic nitrogens is 2. The number of anilines is 1. The molecule has 0 aliphatic heterocycles. The monoisotopic (exact) mass is 243 g/mol. The highest BCUT2D eigenvalue weighted by atomic mass is 16.4. The highest BCUT2D eigenvalue weighted by Crippen LogP contribution is 2.19. The average molecular weight is 243 g/mol. The third-order valence-electron chi connectivity index (χ3n) is 2.51. The second-order valence-corrected chi connectivity index (χ2v) is 3.83.